The van der Waals surface area contributed by atoms with Gasteiger partial charge in [-0.3, -0.25) is 9.78 Å². The molecule has 1 atom stereocenters. The van der Waals surface area contributed by atoms with Crippen molar-refractivity contribution in [3.63, 3.8) is 0 Å². The van der Waals surface area contributed by atoms with Gasteiger partial charge in [-0.1, -0.05) is 24.3 Å². The fraction of sp³-hybridized carbons (Fsp3) is 0.208. The van der Waals surface area contributed by atoms with Crippen LogP contribution in [0.5, 0.6) is 0 Å². The van der Waals surface area contributed by atoms with Crippen LogP contribution >= 0.6 is 0 Å². The Balaban J connectivity index is 1.54. The first-order valence-electron chi connectivity index (χ1n) is 9.89. The van der Waals surface area contributed by atoms with E-state index < -0.39 is 0 Å². The quantitative estimate of drug-likeness (QED) is 0.547. The van der Waals surface area contributed by atoms with Crippen molar-refractivity contribution in [2.45, 2.75) is 13.0 Å². The molecule has 6 nitrogen and oxygen atoms in total. The van der Waals surface area contributed by atoms with Gasteiger partial charge in [-0.2, -0.15) is 0 Å². The molecule has 4 aromatic rings. The maximum Gasteiger partial charge on any atom is 0.253 e. The van der Waals surface area contributed by atoms with Crippen molar-refractivity contribution in [1.82, 2.24) is 19.9 Å². The zero-order valence-corrected chi connectivity index (χ0v) is 17.6. The number of carbonyl (C=O) groups excluding carboxylic acids is 1. The second kappa shape index (κ2) is 7.99. The van der Waals surface area contributed by atoms with Gasteiger partial charge in [0.25, 0.3) is 5.91 Å². The number of fused-ring (bicyclic) bond motifs is 1. The van der Waals surface area contributed by atoms with E-state index in [0.29, 0.717) is 5.56 Å². The lowest BCUT2D eigenvalue weighted by Crippen LogP contribution is -2.28. The molecule has 0 spiro atoms. The summed E-state index contributed by atoms with van der Waals surface area (Å²) in [6.45, 7) is 1.94. The summed E-state index contributed by atoms with van der Waals surface area (Å²) in [6.07, 6.45) is 3.37. The van der Waals surface area contributed by atoms with Gasteiger partial charge in [-0.15, -0.1) is 0 Å². The lowest BCUT2D eigenvalue weighted by atomic mass is 10.1. The van der Waals surface area contributed by atoms with Crippen LogP contribution in [0.3, 0.4) is 0 Å². The molecule has 0 aliphatic rings. The van der Waals surface area contributed by atoms with E-state index in [-0.39, 0.29) is 11.9 Å². The molecule has 152 valence electrons. The highest BCUT2D eigenvalue weighted by Crippen LogP contribution is 2.23. The minimum Gasteiger partial charge on any atom is -0.378 e. The molecule has 0 aliphatic heterocycles. The Morgan fingerprint density at radius 3 is 2.47 bits per heavy atom. The smallest absolute Gasteiger partial charge is 0.253 e. The molecule has 4 rings (SSSR count). The molecular formula is C24H25N5O. The van der Waals surface area contributed by atoms with Gasteiger partial charge >= 0.3 is 0 Å². The number of nitrogens with zero attached hydrogens (tertiary/aromatic N) is 4. The number of amides is 1. The molecule has 0 saturated carbocycles. The Hall–Kier alpha value is -3.67. The van der Waals surface area contributed by atoms with Crippen molar-refractivity contribution in [2.24, 2.45) is 7.05 Å². The molecule has 1 unspecified atom stereocenters. The zero-order valence-electron chi connectivity index (χ0n) is 17.6. The van der Waals surface area contributed by atoms with Crippen LogP contribution in [-0.4, -0.2) is 34.5 Å². The van der Waals surface area contributed by atoms with E-state index in [0.717, 1.165) is 33.7 Å². The maximum absolute atomic E-state index is 12.9. The van der Waals surface area contributed by atoms with E-state index in [1.54, 1.807) is 12.4 Å². The molecule has 6 heteroatoms. The first-order chi connectivity index (χ1) is 14.4. The summed E-state index contributed by atoms with van der Waals surface area (Å²) in [7, 11) is 5.98. The van der Waals surface area contributed by atoms with Gasteiger partial charge in [0.1, 0.15) is 5.82 Å². The average Bonchev–Trinajstić information content (AvgIpc) is 3.11. The van der Waals surface area contributed by atoms with Gasteiger partial charge in [-0.05, 0) is 42.8 Å². The highest BCUT2D eigenvalue weighted by molar-refractivity contribution is 5.95. The number of hydrogen-bond acceptors (Lipinski definition) is 4. The van der Waals surface area contributed by atoms with Gasteiger partial charge in [0, 0.05) is 44.8 Å². The zero-order chi connectivity index (χ0) is 21.3. The number of anilines is 1. The molecule has 1 amide bonds. The Kier molecular flexibility index (Phi) is 5.23. The number of para-hydroxylation sites is 2. The van der Waals surface area contributed by atoms with Crippen LogP contribution in [0.4, 0.5) is 5.69 Å². The number of nitrogens with one attached hydrogen (secondary N) is 1. The second-order valence-electron chi connectivity index (χ2n) is 7.62. The number of aryl methyl sites for hydroxylation is 1. The number of rotatable bonds is 5. The highest BCUT2D eigenvalue weighted by Gasteiger charge is 2.18. The topological polar surface area (TPSA) is 63.1 Å². The van der Waals surface area contributed by atoms with E-state index in [1.807, 2.05) is 80.0 Å². The van der Waals surface area contributed by atoms with Crippen LogP contribution in [0.1, 0.15) is 29.1 Å². The first kappa shape index (κ1) is 19.6. The third-order valence-electron chi connectivity index (χ3n) is 5.27. The van der Waals surface area contributed by atoms with E-state index in [1.165, 1.54) is 0 Å². The van der Waals surface area contributed by atoms with Crippen molar-refractivity contribution in [1.29, 1.82) is 0 Å². The predicted octanol–water partition coefficient (Wildman–Crippen LogP) is 4.19. The SMILES string of the molecule is CC(NC(=O)c1cncc(-c2ccc(N(C)C)cc2)c1)c1nc2ccccc2n1C. The molecule has 2 aromatic carbocycles. The molecule has 1 N–H and O–H groups in total. The molecule has 0 bridgehead atoms. The Labute approximate surface area is 176 Å². The largest absolute Gasteiger partial charge is 0.378 e. The monoisotopic (exact) mass is 399 g/mol. The summed E-state index contributed by atoms with van der Waals surface area (Å²) in [6, 6.07) is 17.8. The second-order valence-corrected chi connectivity index (χ2v) is 7.62. The number of imidazole rings is 1. The van der Waals surface area contributed by atoms with Crippen molar-refractivity contribution < 1.29 is 4.79 Å². The highest BCUT2D eigenvalue weighted by atomic mass is 16.1. The number of hydrogen-bond donors (Lipinski definition) is 1. The molecule has 2 aromatic heterocycles. The van der Waals surface area contributed by atoms with Crippen LogP contribution in [0.15, 0.2) is 67.0 Å². The van der Waals surface area contributed by atoms with E-state index >= 15 is 0 Å². The van der Waals surface area contributed by atoms with Crippen LogP contribution in [0.25, 0.3) is 22.2 Å². The third kappa shape index (κ3) is 3.76. The first-order valence-corrected chi connectivity index (χ1v) is 9.89. The van der Waals surface area contributed by atoms with Crippen molar-refractivity contribution in [3.05, 3.63) is 78.4 Å². The summed E-state index contributed by atoms with van der Waals surface area (Å²) in [5.74, 6) is 0.641. The van der Waals surface area contributed by atoms with Gasteiger partial charge in [-0.25, -0.2) is 4.98 Å². The summed E-state index contributed by atoms with van der Waals surface area (Å²) < 4.78 is 2.02. The fourth-order valence-corrected chi connectivity index (χ4v) is 3.57. The summed E-state index contributed by atoms with van der Waals surface area (Å²) in [5.41, 5.74) is 5.53. The standard InChI is InChI=1S/C24H25N5O/c1-16(23-27-21-7-5-6-8-22(21)29(23)4)26-24(30)19-13-18(14-25-15-19)17-9-11-20(12-10-17)28(2)3/h5-16H,1-4H3,(H,26,30). The predicted molar refractivity (Wildman–Crippen MR) is 121 cm³/mol. The number of aromatic nitrogens is 3. The Bertz CT molecular complexity index is 1190. The minimum atomic E-state index is -0.238. The van der Waals surface area contributed by atoms with Crippen LogP contribution < -0.4 is 10.2 Å². The number of pyridine rings is 1. The summed E-state index contributed by atoms with van der Waals surface area (Å²) >= 11 is 0. The molecule has 0 fully saturated rings. The van der Waals surface area contributed by atoms with Crippen molar-refractivity contribution in [2.75, 3.05) is 19.0 Å². The minimum absolute atomic E-state index is 0.172. The molecule has 0 saturated heterocycles. The lowest BCUT2D eigenvalue weighted by Gasteiger charge is -2.15. The number of benzene rings is 2. The van der Waals surface area contributed by atoms with Gasteiger partial charge < -0.3 is 14.8 Å². The molecule has 30 heavy (non-hydrogen) atoms. The van der Waals surface area contributed by atoms with Gasteiger partial charge in [0.05, 0.1) is 22.6 Å². The molecular weight excluding hydrogens is 374 g/mol. The van der Waals surface area contributed by atoms with Crippen molar-refractivity contribution >= 4 is 22.6 Å². The Morgan fingerprint density at radius 1 is 1.03 bits per heavy atom. The van der Waals surface area contributed by atoms with Crippen LogP contribution in [-0.2, 0) is 7.05 Å². The lowest BCUT2D eigenvalue weighted by molar-refractivity contribution is 0.0937. The van der Waals surface area contributed by atoms with E-state index in [4.69, 9.17) is 0 Å². The number of carbonyl (C=O) groups is 1. The summed E-state index contributed by atoms with van der Waals surface area (Å²) in [5, 5.41) is 3.05. The van der Waals surface area contributed by atoms with E-state index in [9.17, 15) is 4.79 Å². The van der Waals surface area contributed by atoms with E-state index in [2.05, 4.69) is 27.4 Å². The summed E-state index contributed by atoms with van der Waals surface area (Å²) in [4.78, 5) is 23.9. The normalized spacial score (nSPS) is 12.0. The van der Waals surface area contributed by atoms with Crippen LogP contribution in [0, 0.1) is 0 Å². The average molecular weight is 399 g/mol. The Morgan fingerprint density at radius 2 is 1.77 bits per heavy atom. The molecule has 0 radical (unpaired) electrons. The van der Waals surface area contributed by atoms with Gasteiger partial charge in [0.15, 0.2) is 0 Å². The van der Waals surface area contributed by atoms with Crippen LogP contribution in [0.2, 0.25) is 0 Å². The van der Waals surface area contributed by atoms with Gasteiger partial charge in [0.2, 0.25) is 0 Å². The molecule has 2 heterocycles. The third-order valence-corrected chi connectivity index (χ3v) is 5.27. The molecule has 0 aliphatic carbocycles. The maximum atomic E-state index is 12.9. The van der Waals surface area contributed by atoms with Crippen molar-refractivity contribution in [3.8, 4) is 11.1 Å². The fourth-order valence-electron chi connectivity index (χ4n) is 3.57.